The van der Waals surface area contributed by atoms with Crippen molar-refractivity contribution in [2.45, 2.75) is 57.6 Å². The van der Waals surface area contributed by atoms with E-state index in [1.807, 2.05) is 10.8 Å². The molecular weight excluding hydrogens is 200 g/mol. The molecule has 3 heteroatoms. The Balaban J connectivity index is 1.65. The van der Waals surface area contributed by atoms with Gasteiger partial charge in [0.2, 0.25) is 0 Å². The Morgan fingerprint density at radius 2 is 2.12 bits per heavy atom. The topological polar surface area (TPSA) is 38.0 Å². The second kappa shape index (κ2) is 6.04. The molecule has 1 fully saturated rings. The minimum Gasteiger partial charge on any atom is -0.391 e. The average Bonchev–Trinajstić information content (AvgIpc) is 2.81. The molecule has 1 aromatic heterocycles. The fraction of sp³-hybridized carbons (Fsp3) is 0.769. The monoisotopic (exact) mass is 222 g/mol. The average molecular weight is 222 g/mol. The van der Waals surface area contributed by atoms with Gasteiger partial charge in [0.15, 0.2) is 0 Å². The second-order valence-corrected chi connectivity index (χ2v) is 4.99. The molecule has 0 aliphatic heterocycles. The first-order valence-electron chi connectivity index (χ1n) is 6.48. The molecule has 0 amide bonds. The van der Waals surface area contributed by atoms with Crippen molar-refractivity contribution in [3.63, 3.8) is 0 Å². The van der Waals surface area contributed by atoms with Crippen molar-refractivity contribution in [1.29, 1.82) is 0 Å². The van der Waals surface area contributed by atoms with E-state index in [-0.39, 0.29) is 6.10 Å². The lowest BCUT2D eigenvalue weighted by Crippen LogP contribution is -2.17. The zero-order chi connectivity index (χ0) is 11.2. The molecule has 1 N–H and O–H groups in total. The number of aliphatic hydroxyl groups is 1. The molecule has 1 aromatic rings. The van der Waals surface area contributed by atoms with Crippen LogP contribution in [0.3, 0.4) is 0 Å². The summed E-state index contributed by atoms with van der Waals surface area (Å²) in [5.74, 6) is 0.867. The van der Waals surface area contributed by atoms with Crippen molar-refractivity contribution in [1.82, 2.24) is 9.55 Å². The molecule has 1 aliphatic rings. The summed E-state index contributed by atoms with van der Waals surface area (Å²) >= 11 is 0. The molecule has 16 heavy (non-hydrogen) atoms. The summed E-state index contributed by atoms with van der Waals surface area (Å²) in [6.45, 7) is 0.687. The van der Waals surface area contributed by atoms with E-state index in [0.29, 0.717) is 6.54 Å². The normalized spacial score (nSPS) is 19.8. The fourth-order valence-corrected chi connectivity index (χ4v) is 2.63. The molecule has 1 aliphatic carbocycles. The molecule has 0 spiro atoms. The predicted octanol–water partition coefficient (Wildman–Crippen LogP) is 2.60. The molecule has 1 heterocycles. The van der Waals surface area contributed by atoms with Crippen molar-refractivity contribution in [2.24, 2.45) is 5.92 Å². The highest BCUT2D eigenvalue weighted by Crippen LogP contribution is 2.27. The van der Waals surface area contributed by atoms with E-state index < -0.39 is 0 Å². The predicted molar refractivity (Wildman–Crippen MR) is 64.0 cm³/mol. The third kappa shape index (κ3) is 3.63. The number of nitrogens with zero attached hydrogens (tertiary/aromatic N) is 2. The van der Waals surface area contributed by atoms with Crippen LogP contribution in [0.4, 0.5) is 0 Å². The summed E-state index contributed by atoms with van der Waals surface area (Å²) in [6.07, 6.45) is 14.3. The van der Waals surface area contributed by atoms with Gasteiger partial charge < -0.3 is 9.67 Å². The quantitative estimate of drug-likeness (QED) is 0.831. The van der Waals surface area contributed by atoms with E-state index in [1.165, 1.54) is 38.5 Å². The van der Waals surface area contributed by atoms with Gasteiger partial charge in [0, 0.05) is 18.9 Å². The molecule has 2 rings (SSSR count). The minimum atomic E-state index is -0.212. The number of aromatic nitrogens is 2. The third-order valence-corrected chi connectivity index (χ3v) is 3.61. The van der Waals surface area contributed by atoms with E-state index in [2.05, 4.69) is 4.98 Å². The Kier molecular flexibility index (Phi) is 4.40. The first-order valence-corrected chi connectivity index (χ1v) is 6.48. The molecule has 0 bridgehead atoms. The summed E-state index contributed by atoms with van der Waals surface area (Å²) in [6, 6.07) is 0. The Morgan fingerprint density at radius 1 is 1.31 bits per heavy atom. The lowest BCUT2D eigenvalue weighted by Gasteiger charge is -2.22. The van der Waals surface area contributed by atoms with E-state index >= 15 is 0 Å². The molecule has 1 unspecified atom stereocenters. The van der Waals surface area contributed by atoms with Gasteiger partial charge in [-0.05, 0) is 18.8 Å². The minimum absolute atomic E-state index is 0.212. The Morgan fingerprint density at radius 3 is 2.81 bits per heavy atom. The molecule has 1 saturated carbocycles. The molecular formula is C13H22N2O. The van der Waals surface area contributed by atoms with Crippen LogP contribution in [-0.4, -0.2) is 20.8 Å². The number of hydrogen-bond acceptors (Lipinski definition) is 2. The van der Waals surface area contributed by atoms with Crippen LogP contribution in [0, 0.1) is 5.92 Å². The van der Waals surface area contributed by atoms with Gasteiger partial charge in [0.25, 0.3) is 0 Å². The molecule has 3 nitrogen and oxygen atoms in total. The van der Waals surface area contributed by atoms with Gasteiger partial charge >= 0.3 is 0 Å². The van der Waals surface area contributed by atoms with Gasteiger partial charge in [-0.3, -0.25) is 0 Å². The van der Waals surface area contributed by atoms with E-state index in [1.54, 1.807) is 12.5 Å². The van der Waals surface area contributed by atoms with Crippen molar-refractivity contribution >= 4 is 0 Å². The van der Waals surface area contributed by atoms with Gasteiger partial charge in [0.05, 0.1) is 12.4 Å². The molecule has 1 atom stereocenters. The summed E-state index contributed by atoms with van der Waals surface area (Å²) in [4.78, 5) is 3.98. The first kappa shape index (κ1) is 11.6. The Labute approximate surface area is 97.5 Å². The fourth-order valence-electron chi connectivity index (χ4n) is 2.63. The van der Waals surface area contributed by atoms with Crippen LogP contribution in [0.5, 0.6) is 0 Å². The summed E-state index contributed by atoms with van der Waals surface area (Å²) in [7, 11) is 0. The number of hydrogen-bond donors (Lipinski definition) is 1. The van der Waals surface area contributed by atoms with Gasteiger partial charge in [-0.1, -0.05) is 32.1 Å². The Hall–Kier alpha value is -0.830. The maximum Gasteiger partial charge on any atom is 0.0946 e. The highest BCUT2D eigenvalue weighted by atomic mass is 16.3. The lowest BCUT2D eigenvalue weighted by atomic mass is 9.85. The highest BCUT2D eigenvalue weighted by molar-refractivity contribution is 4.76. The second-order valence-electron chi connectivity index (χ2n) is 4.99. The van der Waals surface area contributed by atoms with Crippen molar-refractivity contribution < 1.29 is 5.11 Å². The van der Waals surface area contributed by atoms with Crippen LogP contribution >= 0.6 is 0 Å². The van der Waals surface area contributed by atoms with E-state index in [9.17, 15) is 5.11 Å². The standard InChI is InChI=1S/C13H22N2O/c16-13(10-15-9-8-14-11-15)7-6-12-4-2-1-3-5-12/h8-9,11-13,16H,1-7,10H2. The molecule has 0 saturated heterocycles. The highest BCUT2D eigenvalue weighted by Gasteiger charge is 2.15. The van der Waals surface area contributed by atoms with Crippen LogP contribution in [0.1, 0.15) is 44.9 Å². The molecule has 0 aromatic carbocycles. The van der Waals surface area contributed by atoms with Crippen molar-refractivity contribution in [3.05, 3.63) is 18.7 Å². The maximum absolute atomic E-state index is 9.90. The van der Waals surface area contributed by atoms with E-state index in [4.69, 9.17) is 0 Å². The van der Waals surface area contributed by atoms with Gasteiger partial charge in [-0.15, -0.1) is 0 Å². The summed E-state index contributed by atoms with van der Waals surface area (Å²) in [5.41, 5.74) is 0. The maximum atomic E-state index is 9.90. The van der Waals surface area contributed by atoms with Crippen LogP contribution in [0.2, 0.25) is 0 Å². The van der Waals surface area contributed by atoms with Crippen molar-refractivity contribution in [3.8, 4) is 0 Å². The largest absolute Gasteiger partial charge is 0.391 e. The van der Waals surface area contributed by atoms with Gasteiger partial charge in [0.1, 0.15) is 0 Å². The van der Waals surface area contributed by atoms with Gasteiger partial charge in [-0.2, -0.15) is 0 Å². The summed E-state index contributed by atoms with van der Waals surface area (Å²) in [5, 5.41) is 9.90. The van der Waals surface area contributed by atoms with Crippen LogP contribution in [-0.2, 0) is 6.54 Å². The SMILES string of the molecule is OC(CCC1CCCCC1)Cn1ccnc1. The zero-order valence-electron chi connectivity index (χ0n) is 9.89. The summed E-state index contributed by atoms with van der Waals surface area (Å²) < 4.78 is 1.95. The lowest BCUT2D eigenvalue weighted by molar-refractivity contribution is 0.131. The van der Waals surface area contributed by atoms with E-state index in [0.717, 1.165) is 12.3 Å². The van der Waals surface area contributed by atoms with Crippen LogP contribution < -0.4 is 0 Å². The zero-order valence-corrected chi connectivity index (χ0v) is 9.89. The van der Waals surface area contributed by atoms with Crippen molar-refractivity contribution in [2.75, 3.05) is 0 Å². The number of aliphatic hydroxyl groups excluding tert-OH is 1. The first-order chi connectivity index (χ1) is 7.84. The Bertz CT molecular complexity index is 278. The van der Waals surface area contributed by atoms with Gasteiger partial charge in [-0.25, -0.2) is 4.98 Å². The number of rotatable bonds is 5. The van der Waals surface area contributed by atoms with Crippen LogP contribution in [0.25, 0.3) is 0 Å². The molecule has 90 valence electrons. The third-order valence-electron chi connectivity index (χ3n) is 3.61. The smallest absolute Gasteiger partial charge is 0.0946 e. The van der Waals surface area contributed by atoms with Crippen LogP contribution in [0.15, 0.2) is 18.7 Å². The molecule has 0 radical (unpaired) electrons. The number of imidazole rings is 1.